The van der Waals surface area contributed by atoms with Crippen molar-refractivity contribution < 1.29 is 19.4 Å². The van der Waals surface area contributed by atoms with E-state index in [4.69, 9.17) is 9.84 Å². The summed E-state index contributed by atoms with van der Waals surface area (Å²) in [5.74, 6) is -0.964. The van der Waals surface area contributed by atoms with Gasteiger partial charge in [0.05, 0.1) is 5.56 Å². The van der Waals surface area contributed by atoms with Gasteiger partial charge in [-0.1, -0.05) is 54.6 Å². The van der Waals surface area contributed by atoms with Gasteiger partial charge < -0.3 is 15.2 Å². The molecule has 0 aliphatic carbocycles. The van der Waals surface area contributed by atoms with Crippen molar-refractivity contribution in [3.8, 4) is 11.8 Å². The van der Waals surface area contributed by atoms with Gasteiger partial charge >= 0.3 is 5.97 Å². The number of hydrogen-bond donors (Lipinski definition) is 2. The van der Waals surface area contributed by atoms with Gasteiger partial charge in [-0.3, -0.25) is 4.79 Å². The molecule has 0 aromatic heterocycles. The van der Waals surface area contributed by atoms with E-state index >= 15 is 0 Å². The minimum absolute atomic E-state index is 0.0771. The Hall–Kier alpha value is -4.89. The molecule has 6 nitrogen and oxygen atoms in total. The SMILES string of the molecule is N#C/C(=C\c1ccc(OCc2cccc3ccccc23)cc1)C(=O)Nc1ccc(C(=O)O)cc1. The van der Waals surface area contributed by atoms with E-state index in [1.165, 1.54) is 30.3 Å². The summed E-state index contributed by atoms with van der Waals surface area (Å²) in [7, 11) is 0. The molecular formula is C28H20N2O4. The molecule has 0 radical (unpaired) electrons. The van der Waals surface area contributed by atoms with Gasteiger partial charge in [-0.15, -0.1) is 0 Å². The van der Waals surface area contributed by atoms with Crippen LogP contribution in [0.3, 0.4) is 0 Å². The lowest BCUT2D eigenvalue weighted by atomic mass is 10.1. The molecule has 0 saturated heterocycles. The van der Waals surface area contributed by atoms with Crippen molar-refractivity contribution in [1.29, 1.82) is 5.26 Å². The highest BCUT2D eigenvalue weighted by Crippen LogP contribution is 2.21. The van der Waals surface area contributed by atoms with Gasteiger partial charge in [-0.2, -0.15) is 5.26 Å². The zero-order chi connectivity index (χ0) is 23.9. The fourth-order valence-electron chi connectivity index (χ4n) is 3.45. The van der Waals surface area contributed by atoms with Gasteiger partial charge in [0.2, 0.25) is 0 Å². The van der Waals surface area contributed by atoms with Crippen LogP contribution in [0, 0.1) is 11.3 Å². The maximum absolute atomic E-state index is 12.5. The predicted molar refractivity (Wildman–Crippen MR) is 130 cm³/mol. The van der Waals surface area contributed by atoms with Crippen LogP contribution >= 0.6 is 0 Å². The average molecular weight is 448 g/mol. The van der Waals surface area contributed by atoms with Gasteiger partial charge in [0.1, 0.15) is 24.0 Å². The summed E-state index contributed by atoms with van der Waals surface area (Å²) in [6.07, 6.45) is 1.48. The number of rotatable bonds is 7. The third-order valence-electron chi connectivity index (χ3n) is 5.22. The minimum atomic E-state index is -1.06. The third-order valence-corrected chi connectivity index (χ3v) is 5.22. The molecule has 6 heteroatoms. The van der Waals surface area contributed by atoms with Crippen LogP contribution in [-0.4, -0.2) is 17.0 Å². The van der Waals surface area contributed by atoms with Gasteiger partial charge in [-0.05, 0) is 64.4 Å². The molecule has 0 bridgehead atoms. The molecule has 0 unspecified atom stereocenters. The molecular weight excluding hydrogens is 428 g/mol. The Morgan fingerprint density at radius 3 is 2.32 bits per heavy atom. The number of carbonyl (C=O) groups is 2. The smallest absolute Gasteiger partial charge is 0.335 e. The largest absolute Gasteiger partial charge is 0.489 e. The highest BCUT2D eigenvalue weighted by molar-refractivity contribution is 6.09. The number of ether oxygens (including phenoxy) is 1. The van der Waals surface area contributed by atoms with Crippen LogP contribution in [0.5, 0.6) is 5.75 Å². The van der Waals surface area contributed by atoms with Crippen LogP contribution in [0.4, 0.5) is 5.69 Å². The molecule has 0 aliphatic rings. The number of nitriles is 1. The Kier molecular flexibility index (Phi) is 6.66. The van der Waals surface area contributed by atoms with Crippen molar-refractivity contribution in [3.63, 3.8) is 0 Å². The van der Waals surface area contributed by atoms with Gasteiger partial charge in [-0.25, -0.2) is 4.79 Å². The van der Waals surface area contributed by atoms with Crippen LogP contribution < -0.4 is 10.1 Å². The van der Waals surface area contributed by atoms with Crippen LogP contribution in [0.25, 0.3) is 16.8 Å². The number of nitrogens with one attached hydrogen (secondary N) is 1. The molecule has 4 rings (SSSR count). The van der Waals surface area contributed by atoms with E-state index < -0.39 is 11.9 Å². The number of anilines is 1. The average Bonchev–Trinajstić information content (AvgIpc) is 2.87. The third kappa shape index (κ3) is 5.29. The van der Waals surface area contributed by atoms with Crippen LogP contribution in [0.15, 0.2) is 96.6 Å². The van der Waals surface area contributed by atoms with E-state index in [0.29, 0.717) is 23.6 Å². The predicted octanol–water partition coefficient (Wildman–Crippen LogP) is 5.66. The Bertz CT molecular complexity index is 1410. The van der Waals surface area contributed by atoms with Crippen LogP contribution in [0.1, 0.15) is 21.5 Å². The van der Waals surface area contributed by atoms with Crippen molar-refractivity contribution in [3.05, 3.63) is 113 Å². The highest BCUT2D eigenvalue weighted by Gasteiger charge is 2.10. The summed E-state index contributed by atoms with van der Waals surface area (Å²) in [6, 6.07) is 28.9. The standard InChI is InChI=1S/C28H20N2O4/c29-17-23(27(31)30-24-12-10-21(11-13-24)28(32)33)16-19-8-14-25(15-9-19)34-18-22-6-3-5-20-4-1-2-7-26(20)22/h1-16H,18H2,(H,30,31)(H,32,33)/b23-16+. The molecule has 34 heavy (non-hydrogen) atoms. The first-order valence-corrected chi connectivity index (χ1v) is 10.5. The summed E-state index contributed by atoms with van der Waals surface area (Å²) in [5.41, 5.74) is 2.18. The lowest BCUT2D eigenvalue weighted by Gasteiger charge is -2.09. The van der Waals surface area contributed by atoms with Gasteiger partial charge in [0.15, 0.2) is 0 Å². The van der Waals surface area contributed by atoms with Crippen molar-refractivity contribution in [2.75, 3.05) is 5.32 Å². The number of fused-ring (bicyclic) bond motifs is 1. The maximum atomic E-state index is 12.5. The van der Waals surface area contributed by atoms with Crippen molar-refractivity contribution in [2.45, 2.75) is 6.61 Å². The van der Waals surface area contributed by atoms with E-state index in [9.17, 15) is 14.9 Å². The maximum Gasteiger partial charge on any atom is 0.335 e. The number of carbonyl (C=O) groups excluding carboxylic acids is 1. The summed E-state index contributed by atoms with van der Waals surface area (Å²) in [4.78, 5) is 23.4. The zero-order valence-electron chi connectivity index (χ0n) is 18.1. The number of amides is 1. The summed E-state index contributed by atoms with van der Waals surface area (Å²) >= 11 is 0. The minimum Gasteiger partial charge on any atom is -0.489 e. The topological polar surface area (TPSA) is 99.4 Å². The molecule has 4 aromatic carbocycles. The van der Waals surface area contributed by atoms with Crippen molar-refractivity contribution in [1.82, 2.24) is 0 Å². The molecule has 1 amide bonds. The number of carboxylic acid groups (broad SMARTS) is 1. The number of nitrogens with zero attached hydrogens (tertiary/aromatic N) is 1. The second-order valence-corrected chi connectivity index (χ2v) is 7.50. The molecule has 0 spiro atoms. The molecule has 0 saturated carbocycles. The Labute approximate surface area is 196 Å². The van der Waals surface area contributed by atoms with E-state index in [0.717, 1.165) is 16.3 Å². The van der Waals surface area contributed by atoms with Gasteiger partial charge in [0.25, 0.3) is 5.91 Å². The number of benzene rings is 4. The molecule has 0 fully saturated rings. The lowest BCUT2D eigenvalue weighted by molar-refractivity contribution is -0.112. The molecule has 166 valence electrons. The van der Waals surface area contributed by atoms with E-state index in [2.05, 4.69) is 23.5 Å². The first kappa shape index (κ1) is 22.3. The second-order valence-electron chi connectivity index (χ2n) is 7.50. The summed E-state index contributed by atoms with van der Waals surface area (Å²) in [6.45, 7) is 0.420. The van der Waals surface area contributed by atoms with E-state index in [1.54, 1.807) is 24.3 Å². The van der Waals surface area contributed by atoms with Crippen molar-refractivity contribution >= 4 is 34.4 Å². The van der Waals surface area contributed by atoms with E-state index in [1.807, 2.05) is 30.3 Å². The zero-order valence-corrected chi connectivity index (χ0v) is 18.1. The monoisotopic (exact) mass is 448 g/mol. The summed E-state index contributed by atoms with van der Waals surface area (Å²) in [5, 5.41) is 23.3. The van der Waals surface area contributed by atoms with E-state index in [-0.39, 0.29) is 11.1 Å². The van der Waals surface area contributed by atoms with Gasteiger partial charge in [0, 0.05) is 5.69 Å². The number of carboxylic acids is 1. The summed E-state index contributed by atoms with van der Waals surface area (Å²) < 4.78 is 5.93. The second kappa shape index (κ2) is 10.2. The quantitative estimate of drug-likeness (QED) is 0.281. The normalized spacial score (nSPS) is 11.0. The lowest BCUT2D eigenvalue weighted by Crippen LogP contribution is -2.13. The van der Waals surface area contributed by atoms with Crippen LogP contribution in [0.2, 0.25) is 0 Å². The number of aromatic carboxylic acids is 1. The Morgan fingerprint density at radius 1 is 0.912 bits per heavy atom. The first-order valence-electron chi connectivity index (χ1n) is 10.5. The van der Waals surface area contributed by atoms with Crippen LogP contribution in [-0.2, 0) is 11.4 Å². The highest BCUT2D eigenvalue weighted by atomic mass is 16.5. The first-order chi connectivity index (χ1) is 16.5. The Balaban J connectivity index is 1.41. The number of hydrogen-bond acceptors (Lipinski definition) is 4. The molecule has 0 atom stereocenters. The van der Waals surface area contributed by atoms with Crippen molar-refractivity contribution in [2.24, 2.45) is 0 Å². The molecule has 0 aliphatic heterocycles. The Morgan fingerprint density at radius 2 is 1.62 bits per heavy atom. The fourth-order valence-corrected chi connectivity index (χ4v) is 3.45. The molecule has 0 heterocycles. The molecule has 4 aromatic rings. The fraction of sp³-hybridized carbons (Fsp3) is 0.0357. The molecule has 2 N–H and O–H groups in total.